The summed E-state index contributed by atoms with van der Waals surface area (Å²) in [5.74, 6) is 0.474. The molecule has 2 aromatic rings. The third kappa shape index (κ3) is 2.69. The number of hydrogen-bond acceptors (Lipinski definition) is 5. The van der Waals surface area contributed by atoms with Gasteiger partial charge >= 0.3 is 5.97 Å². The van der Waals surface area contributed by atoms with E-state index < -0.39 is 5.97 Å². The van der Waals surface area contributed by atoms with Crippen LogP contribution in [0.2, 0.25) is 0 Å². The van der Waals surface area contributed by atoms with Gasteiger partial charge in [0.25, 0.3) is 0 Å². The summed E-state index contributed by atoms with van der Waals surface area (Å²) in [5.41, 5.74) is 1.73. The van der Waals surface area contributed by atoms with Crippen molar-refractivity contribution in [2.75, 3.05) is 7.11 Å². The number of aryl methyl sites for hydroxylation is 1. The number of esters is 1. The fraction of sp³-hybridized carbons (Fsp3) is 0.133. The van der Waals surface area contributed by atoms with E-state index in [0.29, 0.717) is 11.3 Å². The summed E-state index contributed by atoms with van der Waals surface area (Å²) in [6.07, 6.45) is 5.08. The molecule has 0 amide bonds. The van der Waals surface area contributed by atoms with Crippen molar-refractivity contribution >= 4 is 17.9 Å². The lowest BCUT2D eigenvalue weighted by molar-refractivity contribution is -0.129. The minimum Gasteiger partial charge on any atom is -0.497 e. The molecule has 0 radical (unpaired) electrons. The second-order valence-corrected chi connectivity index (χ2v) is 4.52. The van der Waals surface area contributed by atoms with Crippen molar-refractivity contribution < 1.29 is 14.3 Å². The summed E-state index contributed by atoms with van der Waals surface area (Å²) in [7, 11) is 3.38. The van der Waals surface area contributed by atoms with Crippen LogP contribution < -0.4 is 4.74 Å². The number of cyclic esters (lactones) is 1. The van der Waals surface area contributed by atoms with E-state index in [1.165, 1.54) is 0 Å². The van der Waals surface area contributed by atoms with Gasteiger partial charge < -0.3 is 9.47 Å². The second-order valence-electron chi connectivity index (χ2n) is 4.52. The molecular formula is C15H13N3O3. The lowest BCUT2D eigenvalue weighted by Gasteiger charge is -2.02. The molecule has 0 saturated carbocycles. The Hall–Kier alpha value is -2.89. The number of methoxy groups -OCH3 is 1. The highest BCUT2D eigenvalue weighted by Gasteiger charge is 2.24. The van der Waals surface area contributed by atoms with Crippen molar-refractivity contribution in [1.82, 2.24) is 9.78 Å². The standard InChI is InChI=1S/C15H13N3O3/c1-18-9-10(8-16-18)6-13-15(19)21-14(17-13)11-4-3-5-12(7-11)20-2/h3-9H,1-2H3/b13-6+. The molecule has 0 N–H and O–H groups in total. The lowest BCUT2D eigenvalue weighted by Crippen LogP contribution is -2.05. The predicted octanol–water partition coefficient (Wildman–Crippen LogP) is 1.77. The van der Waals surface area contributed by atoms with Gasteiger partial charge in [0.1, 0.15) is 5.75 Å². The number of benzene rings is 1. The summed E-state index contributed by atoms with van der Waals surface area (Å²) < 4.78 is 12.0. The summed E-state index contributed by atoms with van der Waals surface area (Å²) in [5, 5.41) is 4.04. The third-order valence-electron chi connectivity index (χ3n) is 2.97. The molecule has 3 rings (SSSR count). The minimum absolute atomic E-state index is 0.251. The second kappa shape index (κ2) is 5.24. The zero-order valence-corrected chi connectivity index (χ0v) is 11.6. The van der Waals surface area contributed by atoms with Crippen molar-refractivity contribution in [3.8, 4) is 5.75 Å². The molecule has 0 aliphatic carbocycles. The van der Waals surface area contributed by atoms with Gasteiger partial charge in [-0.15, -0.1) is 0 Å². The van der Waals surface area contributed by atoms with Crippen LogP contribution in [0.1, 0.15) is 11.1 Å². The SMILES string of the molecule is COc1cccc(C2=N/C(=C/c3cnn(C)c3)C(=O)O2)c1. The van der Waals surface area contributed by atoms with Gasteiger partial charge in [-0.2, -0.15) is 5.10 Å². The minimum atomic E-state index is -0.475. The molecule has 0 spiro atoms. The third-order valence-corrected chi connectivity index (χ3v) is 2.97. The van der Waals surface area contributed by atoms with E-state index in [-0.39, 0.29) is 11.6 Å². The van der Waals surface area contributed by atoms with Gasteiger partial charge in [0.05, 0.1) is 13.3 Å². The van der Waals surface area contributed by atoms with Gasteiger partial charge in [0, 0.05) is 24.4 Å². The maximum absolute atomic E-state index is 11.9. The van der Waals surface area contributed by atoms with Gasteiger partial charge in [0.15, 0.2) is 5.70 Å². The van der Waals surface area contributed by atoms with Crippen LogP contribution in [0, 0.1) is 0 Å². The molecule has 106 valence electrons. The average molecular weight is 283 g/mol. The van der Waals surface area contributed by atoms with Crippen molar-refractivity contribution in [2.24, 2.45) is 12.0 Å². The van der Waals surface area contributed by atoms with E-state index in [4.69, 9.17) is 9.47 Å². The Kier molecular flexibility index (Phi) is 3.27. The summed E-state index contributed by atoms with van der Waals surface area (Å²) in [6.45, 7) is 0. The average Bonchev–Trinajstić information content (AvgIpc) is 3.06. The number of carbonyl (C=O) groups excluding carboxylic acids is 1. The number of aliphatic imine (C=N–C) groups is 1. The quantitative estimate of drug-likeness (QED) is 0.636. The molecule has 1 aliphatic rings. The number of nitrogens with zero attached hydrogens (tertiary/aromatic N) is 3. The molecule has 0 fully saturated rings. The highest BCUT2D eigenvalue weighted by atomic mass is 16.6. The summed E-state index contributed by atoms with van der Waals surface area (Å²) in [4.78, 5) is 16.1. The van der Waals surface area contributed by atoms with E-state index in [2.05, 4.69) is 10.1 Å². The molecule has 1 aliphatic heterocycles. The van der Waals surface area contributed by atoms with E-state index in [1.54, 1.807) is 43.4 Å². The summed E-state index contributed by atoms with van der Waals surface area (Å²) >= 11 is 0. The van der Waals surface area contributed by atoms with Gasteiger partial charge in [-0.05, 0) is 24.3 Å². The first kappa shape index (κ1) is 13.1. The maximum Gasteiger partial charge on any atom is 0.363 e. The zero-order chi connectivity index (χ0) is 14.8. The Balaban J connectivity index is 1.93. The Morgan fingerprint density at radius 3 is 2.95 bits per heavy atom. The van der Waals surface area contributed by atoms with Crippen molar-refractivity contribution in [2.45, 2.75) is 0 Å². The van der Waals surface area contributed by atoms with Crippen LogP contribution in [-0.2, 0) is 16.6 Å². The van der Waals surface area contributed by atoms with E-state index in [1.807, 2.05) is 18.2 Å². The van der Waals surface area contributed by atoms with Crippen molar-refractivity contribution in [3.63, 3.8) is 0 Å². The van der Waals surface area contributed by atoms with Crippen molar-refractivity contribution in [3.05, 3.63) is 53.5 Å². The van der Waals surface area contributed by atoms with E-state index in [9.17, 15) is 4.79 Å². The number of aromatic nitrogens is 2. The van der Waals surface area contributed by atoms with Crippen LogP contribution in [0.5, 0.6) is 5.75 Å². The van der Waals surface area contributed by atoms with E-state index >= 15 is 0 Å². The molecular weight excluding hydrogens is 270 g/mol. The molecule has 21 heavy (non-hydrogen) atoms. The Morgan fingerprint density at radius 2 is 2.24 bits per heavy atom. The molecule has 1 aromatic heterocycles. The van der Waals surface area contributed by atoms with Gasteiger partial charge in [0.2, 0.25) is 5.90 Å². The van der Waals surface area contributed by atoms with Gasteiger partial charge in [-0.3, -0.25) is 4.68 Å². The van der Waals surface area contributed by atoms with Crippen LogP contribution in [-0.4, -0.2) is 28.8 Å². The molecule has 0 atom stereocenters. The Morgan fingerprint density at radius 1 is 1.38 bits per heavy atom. The van der Waals surface area contributed by atoms with Crippen molar-refractivity contribution in [1.29, 1.82) is 0 Å². The molecule has 1 aromatic carbocycles. The highest BCUT2D eigenvalue weighted by Crippen LogP contribution is 2.21. The first-order valence-corrected chi connectivity index (χ1v) is 6.31. The largest absolute Gasteiger partial charge is 0.497 e. The Labute approximate surface area is 121 Å². The first-order valence-electron chi connectivity index (χ1n) is 6.31. The number of rotatable bonds is 3. The summed E-state index contributed by atoms with van der Waals surface area (Å²) in [6, 6.07) is 7.20. The zero-order valence-electron chi connectivity index (χ0n) is 11.6. The molecule has 2 heterocycles. The van der Waals surface area contributed by atoms with Crippen LogP contribution >= 0.6 is 0 Å². The number of hydrogen-bond donors (Lipinski definition) is 0. The normalized spacial score (nSPS) is 16.0. The number of carbonyl (C=O) groups is 1. The van der Waals surface area contributed by atoms with Gasteiger partial charge in [-0.25, -0.2) is 9.79 Å². The lowest BCUT2D eigenvalue weighted by atomic mass is 10.2. The molecule has 6 nitrogen and oxygen atoms in total. The van der Waals surface area contributed by atoms with Crippen LogP contribution in [0.15, 0.2) is 47.3 Å². The Bertz CT molecular complexity index is 759. The molecule has 0 saturated heterocycles. The molecule has 6 heteroatoms. The van der Waals surface area contributed by atoms with E-state index in [0.717, 1.165) is 5.56 Å². The van der Waals surface area contributed by atoms with Gasteiger partial charge in [-0.1, -0.05) is 6.07 Å². The predicted molar refractivity (Wildman–Crippen MR) is 76.8 cm³/mol. The fourth-order valence-electron chi connectivity index (χ4n) is 1.96. The fourth-order valence-corrected chi connectivity index (χ4v) is 1.96. The highest BCUT2D eigenvalue weighted by molar-refractivity contribution is 6.12. The smallest absolute Gasteiger partial charge is 0.363 e. The van der Waals surface area contributed by atoms with Crippen LogP contribution in [0.4, 0.5) is 0 Å². The molecule has 0 bridgehead atoms. The first-order chi connectivity index (χ1) is 10.2. The van der Waals surface area contributed by atoms with Crippen LogP contribution in [0.25, 0.3) is 6.08 Å². The maximum atomic E-state index is 11.9. The monoisotopic (exact) mass is 283 g/mol. The topological polar surface area (TPSA) is 65.7 Å². The van der Waals surface area contributed by atoms with Crippen LogP contribution in [0.3, 0.4) is 0 Å². The number of ether oxygens (including phenoxy) is 2. The molecule has 0 unspecified atom stereocenters.